The van der Waals surface area contributed by atoms with E-state index in [4.69, 9.17) is 0 Å². The molecule has 2 bridgehead atoms. The van der Waals surface area contributed by atoms with Crippen LogP contribution < -0.4 is 4.90 Å². The average Bonchev–Trinajstić information content (AvgIpc) is 3.14. The number of aromatic nitrogens is 3. The number of H-pyrrole nitrogens is 1. The van der Waals surface area contributed by atoms with E-state index in [1.807, 2.05) is 6.07 Å². The second kappa shape index (κ2) is 5.89. The minimum absolute atomic E-state index is 0.0524. The van der Waals surface area contributed by atoms with Crippen LogP contribution in [-0.2, 0) is 4.79 Å². The quantitative estimate of drug-likeness (QED) is 0.921. The summed E-state index contributed by atoms with van der Waals surface area (Å²) in [5.41, 5.74) is 0.751. The zero-order valence-electron chi connectivity index (χ0n) is 13.5. The van der Waals surface area contributed by atoms with Crippen LogP contribution in [0.2, 0.25) is 0 Å². The molecule has 1 N–H and O–H groups in total. The lowest BCUT2D eigenvalue weighted by Gasteiger charge is -2.41. The Labute approximate surface area is 142 Å². The number of aromatic amines is 1. The number of anilines is 1. The normalized spacial score (nSPS) is 23.5. The lowest BCUT2D eigenvalue weighted by molar-refractivity contribution is -0.151. The van der Waals surface area contributed by atoms with Crippen molar-refractivity contribution in [3.05, 3.63) is 18.6 Å². The maximum absolute atomic E-state index is 12.4. The van der Waals surface area contributed by atoms with Crippen LogP contribution in [0.3, 0.4) is 0 Å². The summed E-state index contributed by atoms with van der Waals surface area (Å²) >= 11 is 0. The molecule has 2 aliphatic rings. The summed E-state index contributed by atoms with van der Waals surface area (Å²) in [6, 6.07) is 1.81. The molecule has 9 heteroatoms. The van der Waals surface area contributed by atoms with Crippen LogP contribution in [0.25, 0.3) is 11.0 Å². The van der Waals surface area contributed by atoms with Crippen molar-refractivity contribution in [1.82, 2.24) is 19.9 Å². The van der Waals surface area contributed by atoms with Gasteiger partial charge in [-0.2, -0.15) is 13.2 Å². The summed E-state index contributed by atoms with van der Waals surface area (Å²) in [5, 5.41) is 0.916. The molecule has 1 amide bonds. The predicted octanol–water partition coefficient (Wildman–Crippen LogP) is 2.48. The number of hydrogen-bond donors (Lipinski definition) is 1. The minimum Gasteiger partial charge on any atom is -0.352 e. The number of carbonyl (C=O) groups is 1. The number of piperazine rings is 1. The molecule has 6 nitrogen and oxygen atoms in total. The average molecular weight is 353 g/mol. The zero-order chi connectivity index (χ0) is 17.6. The van der Waals surface area contributed by atoms with Gasteiger partial charge in [0, 0.05) is 37.8 Å². The van der Waals surface area contributed by atoms with Crippen molar-refractivity contribution < 1.29 is 18.0 Å². The number of fused-ring (bicyclic) bond motifs is 3. The van der Waals surface area contributed by atoms with Crippen molar-refractivity contribution in [3.8, 4) is 0 Å². The predicted molar refractivity (Wildman–Crippen MR) is 85.0 cm³/mol. The maximum Gasteiger partial charge on any atom is 0.389 e. The van der Waals surface area contributed by atoms with Crippen LogP contribution >= 0.6 is 0 Å². The number of alkyl halides is 3. The van der Waals surface area contributed by atoms with Crippen molar-refractivity contribution in [3.63, 3.8) is 0 Å². The van der Waals surface area contributed by atoms with E-state index in [1.165, 1.54) is 6.33 Å². The van der Waals surface area contributed by atoms with Gasteiger partial charge in [0.2, 0.25) is 5.91 Å². The number of rotatable bonds is 3. The van der Waals surface area contributed by atoms with Crippen LogP contribution in [0.5, 0.6) is 0 Å². The highest BCUT2D eigenvalue weighted by Crippen LogP contribution is 2.35. The molecule has 2 saturated heterocycles. The van der Waals surface area contributed by atoms with Crippen LogP contribution in [0.4, 0.5) is 19.0 Å². The molecule has 0 radical (unpaired) electrons. The number of nitrogens with zero attached hydrogens (tertiary/aromatic N) is 4. The largest absolute Gasteiger partial charge is 0.389 e. The summed E-state index contributed by atoms with van der Waals surface area (Å²) in [6.45, 7) is 1.18. The first kappa shape index (κ1) is 16.2. The Morgan fingerprint density at radius 3 is 2.64 bits per heavy atom. The Morgan fingerprint density at radius 1 is 1.24 bits per heavy atom. The van der Waals surface area contributed by atoms with Gasteiger partial charge in [-0.25, -0.2) is 9.97 Å². The van der Waals surface area contributed by atoms with Crippen molar-refractivity contribution in [2.24, 2.45) is 0 Å². The van der Waals surface area contributed by atoms with E-state index in [9.17, 15) is 18.0 Å². The molecule has 2 fully saturated rings. The lowest BCUT2D eigenvalue weighted by atomic mass is 10.1. The molecule has 0 saturated carbocycles. The summed E-state index contributed by atoms with van der Waals surface area (Å²) in [5.74, 6) is 0.421. The van der Waals surface area contributed by atoms with E-state index in [2.05, 4.69) is 19.9 Å². The van der Waals surface area contributed by atoms with Gasteiger partial charge in [-0.3, -0.25) is 4.79 Å². The highest BCUT2D eigenvalue weighted by atomic mass is 19.4. The fourth-order valence-corrected chi connectivity index (χ4v) is 3.97. The topological polar surface area (TPSA) is 65.1 Å². The minimum atomic E-state index is -4.29. The molecule has 2 aromatic heterocycles. The van der Waals surface area contributed by atoms with E-state index < -0.39 is 19.0 Å². The highest BCUT2D eigenvalue weighted by molar-refractivity contribution is 5.87. The molecule has 4 heterocycles. The van der Waals surface area contributed by atoms with Gasteiger partial charge < -0.3 is 14.8 Å². The monoisotopic (exact) mass is 353 g/mol. The van der Waals surface area contributed by atoms with Gasteiger partial charge in [-0.15, -0.1) is 0 Å². The van der Waals surface area contributed by atoms with Gasteiger partial charge in [0.1, 0.15) is 17.8 Å². The first-order chi connectivity index (χ1) is 11.9. The summed E-state index contributed by atoms with van der Waals surface area (Å²) in [6.07, 6.45) is -0.878. The van der Waals surface area contributed by atoms with Crippen LogP contribution in [0, 0.1) is 0 Å². The molecule has 2 atom stereocenters. The summed E-state index contributed by atoms with van der Waals surface area (Å²) in [4.78, 5) is 27.7. The molecular weight excluding hydrogens is 335 g/mol. The number of hydrogen-bond acceptors (Lipinski definition) is 4. The van der Waals surface area contributed by atoms with Crippen LogP contribution in [-0.4, -0.2) is 57.1 Å². The number of carbonyl (C=O) groups excluding carboxylic acids is 1. The number of amides is 1. The Bertz CT molecular complexity index is 775. The van der Waals surface area contributed by atoms with Crippen molar-refractivity contribution >= 4 is 22.8 Å². The highest BCUT2D eigenvalue weighted by Gasteiger charge is 2.43. The van der Waals surface area contributed by atoms with E-state index in [0.717, 1.165) is 29.7 Å². The fraction of sp³-hybridized carbons (Fsp3) is 0.562. The third-order valence-corrected chi connectivity index (χ3v) is 5.02. The van der Waals surface area contributed by atoms with E-state index in [1.54, 1.807) is 11.1 Å². The summed E-state index contributed by atoms with van der Waals surface area (Å²) in [7, 11) is 0. The molecule has 2 aliphatic heterocycles. The Hall–Kier alpha value is -2.32. The molecular formula is C16H18F3N5O. The Kier molecular flexibility index (Phi) is 3.81. The standard InChI is InChI=1S/C16H18F3N5O/c17-16(18,19)5-3-13(25)24-10-1-2-11(24)8-23(7-10)15-12-4-6-20-14(12)21-9-22-15/h4,6,9-11H,1-3,5,7-8H2,(H,20,21,22). The molecule has 2 unspecified atom stereocenters. The van der Waals surface area contributed by atoms with Crippen molar-refractivity contribution in [2.45, 2.75) is 43.9 Å². The first-order valence-electron chi connectivity index (χ1n) is 8.33. The van der Waals surface area contributed by atoms with Gasteiger partial charge in [-0.1, -0.05) is 0 Å². The van der Waals surface area contributed by atoms with E-state index >= 15 is 0 Å². The summed E-state index contributed by atoms with van der Waals surface area (Å²) < 4.78 is 37.2. The van der Waals surface area contributed by atoms with Crippen molar-refractivity contribution in [1.29, 1.82) is 0 Å². The first-order valence-corrected chi connectivity index (χ1v) is 8.33. The second-order valence-electron chi connectivity index (χ2n) is 6.64. The maximum atomic E-state index is 12.4. The second-order valence-corrected chi connectivity index (χ2v) is 6.64. The molecule has 0 spiro atoms. The Balaban J connectivity index is 1.50. The molecule has 2 aromatic rings. The number of nitrogens with one attached hydrogen (secondary N) is 1. The van der Waals surface area contributed by atoms with Crippen molar-refractivity contribution in [2.75, 3.05) is 18.0 Å². The van der Waals surface area contributed by atoms with Gasteiger partial charge in [0.15, 0.2) is 0 Å². The third-order valence-electron chi connectivity index (χ3n) is 5.02. The smallest absolute Gasteiger partial charge is 0.352 e. The Morgan fingerprint density at radius 2 is 1.96 bits per heavy atom. The van der Waals surface area contributed by atoms with Gasteiger partial charge in [0.05, 0.1) is 11.8 Å². The number of halogens is 3. The lowest BCUT2D eigenvalue weighted by Crippen LogP contribution is -2.56. The van der Waals surface area contributed by atoms with Crippen LogP contribution in [0.1, 0.15) is 25.7 Å². The molecule has 0 aromatic carbocycles. The fourth-order valence-electron chi connectivity index (χ4n) is 3.97. The van der Waals surface area contributed by atoms with Gasteiger partial charge in [-0.05, 0) is 18.9 Å². The van der Waals surface area contributed by atoms with Gasteiger partial charge in [0.25, 0.3) is 0 Å². The molecule has 4 rings (SSSR count). The molecule has 25 heavy (non-hydrogen) atoms. The van der Waals surface area contributed by atoms with E-state index in [0.29, 0.717) is 13.1 Å². The zero-order valence-corrected chi connectivity index (χ0v) is 13.5. The van der Waals surface area contributed by atoms with E-state index in [-0.39, 0.29) is 18.0 Å². The molecule has 134 valence electrons. The SMILES string of the molecule is O=C(CCC(F)(F)F)N1C2CCC1CN(c1ncnc3[nH]ccc13)C2. The van der Waals surface area contributed by atoms with Gasteiger partial charge >= 0.3 is 6.18 Å². The third kappa shape index (κ3) is 3.03. The molecule has 0 aliphatic carbocycles. The van der Waals surface area contributed by atoms with Crippen LogP contribution in [0.15, 0.2) is 18.6 Å².